The molecule has 4 nitrogen and oxygen atoms in total. The minimum Gasteiger partial charge on any atom is -0.376 e. The number of nitrogens with zero attached hydrogens (tertiary/aromatic N) is 2. The first kappa shape index (κ1) is 8.72. The van der Waals surface area contributed by atoms with Gasteiger partial charge in [0.15, 0.2) is 0 Å². The molecule has 0 bridgehead atoms. The average molecular weight is 181 g/mol. The van der Waals surface area contributed by atoms with Crippen LogP contribution in [0.2, 0.25) is 0 Å². The molecule has 1 unspecified atom stereocenters. The molecule has 1 aromatic rings. The van der Waals surface area contributed by atoms with Gasteiger partial charge in [-0.25, -0.2) is 4.98 Å². The van der Waals surface area contributed by atoms with E-state index in [1.165, 1.54) is 0 Å². The van der Waals surface area contributed by atoms with Gasteiger partial charge in [-0.2, -0.15) is 0 Å². The van der Waals surface area contributed by atoms with Gasteiger partial charge in [0.25, 0.3) is 0 Å². The lowest BCUT2D eigenvalue weighted by Gasteiger charge is -2.30. The number of hydrogen-bond acceptors (Lipinski definition) is 3. The molecule has 0 saturated carbocycles. The molecule has 72 valence electrons. The first-order valence-electron chi connectivity index (χ1n) is 4.67. The quantitative estimate of drug-likeness (QED) is 0.727. The summed E-state index contributed by atoms with van der Waals surface area (Å²) in [5.41, 5.74) is 0. The van der Waals surface area contributed by atoms with E-state index in [1.54, 1.807) is 6.20 Å². The van der Waals surface area contributed by atoms with E-state index in [2.05, 4.69) is 21.8 Å². The van der Waals surface area contributed by atoms with Crippen LogP contribution >= 0.6 is 0 Å². The van der Waals surface area contributed by atoms with Gasteiger partial charge in [-0.1, -0.05) is 0 Å². The molecule has 4 heteroatoms. The van der Waals surface area contributed by atoms with Gasteiger partial charge in [-0.15, -0.1) is 0 Å². The second-order valence-corrected chi connectivity index (χ2v) is 3.45. The number of aromatic amines is 1. The summed E-state index contributed by atoms with van der Waals surface area (Å²) >= 11 is 0. The van der Waals surface area contributed by atoms with Crippen molar-refractivity contribution in [3.8, 4) is 0 Å². The molecule has 0 radical (unpaired) electrons. The van der Waals surface area contributed by atoms with E-state index in [1.807, 2.05) is 6.20 Å². The van der Waals surface area contributed by atoms with E-state index >= 15 is 0 Å². The van der Waals surface area contributed by atoms with Crippen molar-refractivity contribution in [2.24, 2.45) is 0 Å². The molecule has 1 aliphatic heterocycles. The standard InChI is InChI=1S/C9H15N3O/c1-8-6-12(4-5-13-8)7-9-10-2-3-11-9/h2-3,8H,4-7H2,1H3,(H,10,11). The first-order valence-corrected chi connectivity index (χ1v) is 4.67. The summed E-state index contributed by atoms with van der Waals surface area (Å²) < 4.78 is 5.45. The molecule has 0 aromatic carbocycles. The fourth-order valence-corrected chi connectivity index (χ4v) is 1.63. The van der Waals surface area contributed by atoms with Crippen LogP contribution in [0.25, 0.3) is 0 Å². The van der Waals surface area contributed by atoms with Crippen molar-refractivity contribution in [2.75, 3.05) is 19.7 Å². The maximum absolute atomic E-state index is 5.45. The predicted octanol–water partition coefficient (Wildman–Crippen LogP) is 0.630. The summed E-state index contributed by atoms with van der Waals surface area (Å²) in [5, 5.41) is 0. The average Bonchev–Trinajstić information content (AvgIpc) is 2.57. The topological polar surface area (TPSA) is 41.2 Å². The van der Waals surface area contributed by atoms with Crippen LogP contribution < -0.4 is 0 Å². The van der Waals surface area contributed by atoms with Gasteiger partial charge in [-0.3, -0.25) is 4.90 Å². The zero-order chi connectivity index (χ0) is 9.10. The summed E-state index contributed by atoms with van der Waals surface area (Å²) in [6, 6.07) is 0. The van der Waals surface area contributed by atoms with Crippen LogP contribution in [0.3, 0.4) is 0 Å². The van der Waals surface area contributed by atoms with Crippen LogP contribution in [0.4, 0.5) is 0 Å². The smallest absolute Gasteiger partial charge is 0.120 e. The van der Waals surface area contributed by atoms with Crippen molar-refractivity contribution in [3.05, 3.63) is 18.2 Å². The highest BCUT2D eigenvalue weighted by Gasteiger charge is 2.16. The maximum atomic E-state index is 5.45. The molecule has 2 rings (SSSR count). The number of H-pyrrole nitrogens is 1. The molecular formula is C9H15N3O. The van der Waals surface area contributed by atoms with Gasteiger partial charge >= 0.3 is 0 Å². The summed E-state index contributed by atoms with van der Waals surface area (Å²) in [6.07, 6.45) is 4.00. The zero-order valence-corrected chi connectivity index (χ0v) is 7.86. The van der Waals surface area contributed by atoms with Crippen molar-refractivity contribution in [3.63, 3.8) is 0 Å². The minimum atomic E-state index is 0.351. The molecule has 2 heterocycles. The Labute approximate surface area is 77.9 Å². The number of morpholine rings is 1. The number of rotatable bonds is 2. The third-order valence-electron chi connectivity index (χ3n) is 2.25. The molecule has 0 spiro atoms. The normalized spacial score (nSPS) is 24.8. The molecule has 1 aliphatic rings. The van der Waals surface area contributed by atoms with Crippen LogP contribution in [-0.2, 0) is 11.3 Å². The molecule has 1 saturated heterocycles. The Hall–Kier alpha value is -0.870. The van der Waals surface area contributed by atoms with Crippen molar-refractivity contribution < 1.29 is 4.74 Å². The molecule has 13 heavy (non-hydrogen) atoms. The van der Waals surface area contributed by atoms with Crippen molar-refractivity contribution >= 4 is 0 Å². The summed E-state index contributed by atoms with van der Waals surface area (Å²) in [5.74, 6) is 1.04. The number of nitrogens with one attached hydrogen (secondary N) is 1. The monoisotopic (exact) mass is 181 g/mol. The van der Waals surface area contributed by atoms with Gasteiger partial charge in [-0.05, 0) is 6.92 Å². The molecule has 0 aliphatic carbocycles. The number of aromatic nitrogens is 2. The van der Waals surface area contributed by atoms with Crippen molar-refractivity contribution in [1.29, 1.82) is 0 Å². The summed E-state index contributed by atoms with van der Waals surface area (Å²) in [7, 11) is 0. The Morgan fingerprint density at radius 1 is 1.77 bits per heavy atom. The molecular weight excluding hydrogens is 166 g/mol. The Morgan fingerprint density at radius 3 is 3.38 bits per heavy atom. The lowest BCUT2D eigenvalue weighted by Crippen LogP contribution is -2.40. The molecule has 1 aromatic heterocycles. The fourth-order valence-electron chi connectivity index (χ4n) is 1.63. The summed E-state index contributed by atoms with van der Waals surface area (Å²) in [6.45, 7) is 5.85. The van der Waals surface area contributed by atoms with Gasteiger partial charge in [0.05, 0.1) is 19.3 Å². The van der Waals surface area contributed by atoms with Crippen LogP contribution in [0.1, 0.15) is 12.7 Å². The highest BCUT2D eigenvalue weighted by atomic mass is 16.5. The third kappa shape index (κ3) is 2.29. The van der Waals surface area contributed by atoms with Crippen LogP contribution in [0.5, 0.6) is 0 Å². The van der Waals surface area contributed by atoms with Crippen molar-refractivity contribution in [2.45, 2.75) is 19.6 Å². The largest absolute Gasteiger partial charge is 0.376 e. The van der Waals surface area contributed by atoms with Gasteiger partial charge in [0, 0.05) is 25.5 Å². The van der Waals surface area contributed by atoms with Crippen LogP contribution in [-0.4, -0.2) is 40.7 Å². The van der Waals surface area contributed by atoms with Crippen LogP contribution in [0.15, 0.2) is 12.4 Å². The summed E-state index contributed by atoms with van der Waals surface area (Å²) in [4.78, 5) is 9.66. The fraction of sp³-hybridized carbons (Fsp3) is 0.667. The van der Waals surface area contributed by atoms with Crippen molar-refractivity contribution in [1.82, 2.24) is 14.9 Å². The molecule has 0 amide bonds. The van der Waals surface area contributed by atoms with E-state index in [0.29, 0.717) is 6.10 Å². The van der Waals surface area contributed by atoms with E-state index < -0.39 is 0 Å². The lowest BCUT2D eigenvalue weighted by molar-refractivity contribution is -0.0219. The molecule has 1 N–H and O–H groups in total. The Bertz CT molecular complexity index is 247. The predicted molar refractivity (Wildman–Crippen MR) is 49.3 cm³/mol. The van der Waals surface area contributed by atoms with Gasteiger partial charge in [0.1, 0.15) is 5.82 Å². The third-order valence-corrected chi connectivity index (χ3v) is 2.25. The second-order valence-electron chi connectivity index (χ2n) is 3.45. The highest BCUT2D eigenvalue weighted by molar-refractivity contribution is 4.87. The maximum Gasteiger partial charge on any atom is 0.120 e. The highest BCUT2D eigenvalue weighted by Crippen LogP contribution is 2.06. The van der Waals surface area contributed by atoms with E-state index in [-0.39, 0.29) is 0 Å². The van der Waals surface area contributed by atoms with E-state index in [4.69, 9.17) is 4.74 Å². The molecule has 1 atom stereocenters. The first-order chi connectivity index (χ1) is 6.34. The van der Waals surface area contributed by atoms with E-state index in [9.17, 15) is 0 Å². The van der Waals surface area contributed by atoms with Gasteiger partial charge < -0.3 is 9.72 Å². The minimum absolute atomic E-state index is 0.351. The Balaban J connectivity index is 1.87. The Morgan fingerprint density at radius 2 is 2.69 bits per heavy atom. The molecule has 1 fully saturated rings. The lowest BCUT2D eigenvalue weighted by atomic mass is 10.3. The number of imidazole rings is 1. The number of hydrogen-bond donors (Lipinski definition) is 1. The second kappa shape index (κ2) is 3.89. The van der Waals surface area contributed by atoms with E-state index in [0.717, 1.165) is 32.1 Å². The number of ether oxygens (including phenoxy) is 1. The van der Waals surface area contributed by atoms with Gasteiger partial charge in [0.2, 0.25) is 0 Å². The van der Waals surface area contributed by atoms with Crippen LogP contribution in [0, 0.1) is 0 Å². The SMILES string of the molecule is CC1CN(Cc2ncc[nH]2)CCO1. The zero-order valence-electron chi connectivity index (χ0n) is 7.86. The Kier molecular flexibility index (Phi) is 2.61.